The first-order valence-electron chi connectivity index (χ1n) is 4.43. The Morgan fingerprint density at radius 3 is 2.70 bits per heavy atom. The quantitative estimate of drug-likeness (QED) is 0.512. The zero-order valence-corrected chi connectivity index (χ0v) is 6.93. The second kappa shape index (κ2) is 2.11. The molecule has 3 unspecified atom stereocenters. The Hall–Kier alpha value is -0.260. The van der Waals surface area contributed by atoms with Crippen molar-refractivity contribution in [2.45, 2.75) is 33.1 Å². The molecule has 0 nitrogen and oxygen atoms in total. The van der Waals surface area contributed by atoms with Gasteiger partial charge in [0.2, 0.25) is 0 Å². The van der Waals surface area contributed by atoms with Crippen LogP contribution in [0.25, 0.3) is 0 Å². The lowest BCUT2D eigenvalue weighted by atomic mass is 9.81. The van der Waals surface area contributed by atoms with Crippen LogP contribution in [0.3, 0.4) is 0 Å². The lowest BCUT2D eigenvalue weighted by molar-refractivity contribution is 0.287. The Bertz CT molecular complexity index is 167. The van der Waals surface area contributed by atoms with E-state index in [0.29, 0.717) is 0 Å². The number of hydrogen-bond donors (Lipinski definition) is 0. The predicted octanol–water partition coefficient (Wildman–Crippen LogP) is 3.00. The van der Waals surface area contributed by atoms with Crippen LogP contribution in [-0.4, -0.2) is 0 Å². The van der Waals surface area contributed by atoms with Gasteiger partial charge in [0.05, 0.1) is 0 Å². The van der Waals surface area contributed by atoms with Gasteiger partial charge < -0.3 is 0 Å². The van der Waals surface area contributed by atoms with Gasteiger partial charge in [0.1, 0.15) is 0 Å². The van der Waals surface area contributed by atoms with Crippen LogP contribution in [0.5, 0.6) is 0 Å². The molecule has 0 aliphatic heterocycles. The third-order valence-corrected chi connectivity index (χ3v) is 3.27. The highest BCUT2D eigenvalue weighted by Gasteiger charge is 2.52. The van der Waals surface area contributed by atoms with Crippen LogP contribution < -0.4 is 0 Å². The Balaban J connectivity index is 1.80. The molecule has 2 rings (SSSR count). The summed E-state index contributed by atoms with van der Waals surface area (Å²) in [5.41, 5.74) is 1.59. The van der Waals surface area contributed by atoms with Gasteiger partial charge in [-0.15, -0.1) is 0 Å². The van der Waals surface area contributed by atoms with Crippen LogP contribution in [-0.2, 0) is 0 Å². The van der Waals surface area contributed by atoms with Gasteiger partial charge in [0, 0.05) is 0 Å². The number of hydrogen-bond acceptors (Lipinski definition) is 0. The molecule has 2 aliphatic rings. The molecule has 2 saturated carbocycles. The van der Waals surface area contributed by atoms with E-state index < -0.39 is 0 Å². The molecule has 0 heteroatoms. The summed E-state index contributed by atoms with van der Waals surface area (Å²) in [5.74, 6) is 3.42. The molecular weight excluding hydrogens is 120 g/mol. The fourth-order valence-electron chi connectivity index (χ4n) is 2.25. The topological polar surface area (TPSA) is 0 Å². The molecule has 0 heterocycles. The van der Waals surface area contributed by atoms with E-state index in [1.807, 2.05) is 0 Å². The average Bonchev–Trinajstić information content (AvgIpc) is 2.56. The smallest absolute Gasteiger partial charge is 0.0292 e. The second-order valence-electron chi connectivity index (χ2n) is 3.99. The summed E-state index contributed by atoms with van der Waals surface area (Å²) in [6.07, 6.45) is 6.74. The van der Waals surface area contributed by atoms with Crippen molar-refractivity contribution in [1.82, 2.24) is 0 Å². The number of fused-ring (bicyclic) bond motifs is 1. The van der Waals surface area contributed by atoms with Crippen LogP contribution in [0.1, 0.15) is 33.1 Å². The maximum Gasteiger partial charge on any atom is -0.0292 e. The summed E-state index contributed by atoms with van der Waals surface area (Å²) in [4.78, 5) is 0. The van der Waals surface area contributed by atoms with Gasteiger partial charge >= 0.3 is 0 Å². The van der Waals surface area contributed by atoms with Crippen molar-refractivity contribution in [3.05, 3.63) is 11.6 Å². The fourth-order valence-corrected chi connectivity index (χ4v) is 2.25. The van der Waals surface area contributed by atoms with Gasteiger partial charge in [-0.05, 0) is 50.9 Å². The molecule has 0 radical (unpaired) electrons. The van der Waals surface area contributed by atoms with E-state index in [9.17, 15) is 0 Å². The van der Waals surface area contributed by atoms with Gasteiger partial charge in [-0.25, -0.2) is 0 Å². The van der Waals surface area contributed by atoms with Crippen LogP contribution in [0.4, 0.5) is 0 Å². The lowest BCUT2D eigenvalue weighted by Crippen LogP contribution is -2.15. The van der Waals surface area contributed by atoms with E-state index in [2.05, 4.69) is 19.9 Å². The number of allylic oxidation sites excluding steroid dienone is 2. The maximum absolute atomic E-state index is 2.26. The van der Waals surface area contributed by atoms with Crippen molar-refractivity contribution in [1.29, 1.82) is 0 Å². The molecular formula is C10H16. The van der Waals surface area contributed by atoms with Crippen molar-refractivity contribution in [3.8, 4) is 0 Å². The summed E-state index contributed by atoms with van der Waals surface area (Å²) in [6, 6.07) is 0. The lowest BCUT2D eigenvalue weighted by Gasteiger charge is -2.24. The minimum absolute atomic E-state index is 1.08. The van der Waals surface area contributed by atoms with Crippen molar-refractivity contribution in [3.63, 3.8) is 0 Å². The van der Waals surface area contributed by atoms with E-state index in [0.717, 1.165) is 11.8 Å². The van der Waals surface area contributed by atoms with E-state index in [1.54, 1.807) is 12.0 Å². The van der Waals surface area contributed by atoms with E-state index >= 15 is 0 Å². The fraction of sp³-hybridized carbons (Fsp3) is 0.800. The van der Waals surface area contributed by atoms with Gasteiger partial charge in [-0.2, -0.15) is 0 Å². The second-order valence-corrected chi connectivity index (χ2v) is 3.99. The summed E-state index contributed by atoms with van der Waals surface area (Å²) >= 11 is 0. The molecule has 0 bridgehead atoms. The van der Waals surface area contributed by atoms with Crippen LogP contribution in [0.2, 0.25) is 0 Å². The van der Waals surface area contributed by atoms with Crippen molar-refractivity contribution < 1.29 is 0 Å². The zero-order chi connectivity index (χ0) is 7.14. The van der Waals surface area contributed by atoms with Crippen molar-refractivity contribution in [2.75, 3.05) is 0 Å². The van der Waals surface area contributed by atoms with Crippen molar-refractivity contribution in [2.24, 2.45) is 17.8 Å². The van der Waals surface area contributed by atoms with E-state index in [4.69, 9.17) is 0 Å². The molecule has 0 spiro atoms. The summed E-state index contributed by atoms with van der Waals surface area (Å²) in [5, 5.41) is 0. The van der Waals surface area contributed by atoms with Crippen LogP contribution in [0, 0.1) is 17.8 Å². The third kappa shape index (κ3) is 0.902. The van der Waals surface area contributed by atoms with Crippen LogP contribution in [0.15, 0.2) is 11.6 Å². The first kappa shape index (κ1) is 6.45. The molecule has 0 aromatic carbocycles. The first-order valence-corrected chi connectivity index (χ1v) is 4.43. The maximum atomic E-state index is 2.26. The Kier molecular flexibility index (Phi) is 1.36. The van der Waals surface area contributed by atoms with Crippen molar-refractivity contribution >= 4 is 0 Å². The standard InChI is InChI=1S/C10H16/c1-3-7(2)4-8-5-9-6-10(8)9/h3,8-10H,4-6H2,1-2H3. The molecule has 56 valence electrons. The Labute approximate surface area is 63.3 Å². The van der Waals surface area contributed by atoms with Crippen LogP contribution >= 0.6 is 0 Å². The molecule has 0 aromatic heterocycles. The van der Waals surface area contributed by atoms with Gasteiger partial charge in [0.15, 0.2) is 0 Å². The largest absolute Gasteiger partial charge is 0.0887 e. The summed E-state index contributed by atoms with van der Waals surface area (Å²) < 4.78 is 0. The minimum atomic E-state index is 1.08. The molecule has 0 N–H and O–H groups in total. The summed E-state index contributed by atoms with van der Waals surface area (Å²) in [7, 11) is 0. The third-order valence-electron chi connectivity index (χ3n) is 3.27. The molecule has 0 amide bonds. The highest BCUT2D eigenvalue weighted by Crippen LogP contribution is 2.61. The zero-order valence-electron chi connectivity index (χ0n) is 6.93. The van der Waals surface area contributed by atoms with Gasteiger partial charge in [-0.3, -0.25) is 0 Å². The Morgan fingerprint density at radius 1 is 1.50 bits per heavy atom. The highest BCUT2D eigenvalue weighted by atomic mass is 14.6. The Morgan fingerprint density at radius 2 is 2.30 bits per heavy atom. The number of rotatable bonds is 2. The molecule has 0 aromatic rings. The molecule has 0 saturated heterocycles. The summed E-state index contributed by atoms with van der Waals surface area (Å²) in [6.45, 7) is 4.41. The molecule has 3 atom stereocenters. The predicted molar refractivity (Wildman–Crippen MR) is 43.8 cm³/mol. The SMILES string of the molecule is CC=C(C)CC1CC2CC12. The minimum Gasteiger partial charge on any atom is -0.0887 e. The molecule has 2 aliphatic carbocycles. The highest BCUT2D eigenvalue weighted by molar-refractivity contribution is 5.08. The van der Waals surface area contributed by atoms with E-state index in [-0.39, 0.29) is 0 Å². The first-order chi connectivity index (χ1) is 4.81. The van der Waals surface area contributed by atoms with Gasteiger partial charge in [0.25, 0.3) is 0 Å². The average molecular weight is 136 g/mol. The molecule has 10 heavy (non-hydrogen) atoms. The van der Waals surface area contributed by atoms with E-state index in [1.165, 1.54) is 18.8 Å². The normalized spacial score (nSPS) is 44.2. The monoisotopic (exact) mass is 136 g/mol. The molecule has 2 fully saturated rings. The van der Waals surface area contributed by atoms with Gasteiger partial charge in [-0.1, -0.05) is 11.6 Å².